The zero-order valence-electron chi connectivity index (χ0n) is 20.6. The monoisotopic (exact) mass is 554 g/mol. The van der Waals surface area contributed by atoms with Crippen LogP contribution in [0.4, 0.5) is 24.8 Å². The summed E-state index contributed by atoms with van der Waals surface area (Å²) in [5.74, 6) is -5.22. The number of halogens is 3. The van der Waals surface area contributed by atoms with Gasteiger partial charge in [-0.1, -0.05) is 12.1 Å². The highest BCUT2D eigenvalue weighted by Gasteiger charge is 2.42. The number of hydrogen-bond donors (Lipinski definition) is 3. The van der Waals surface area contributed by atoms with Gasteiger partial charge in [-0.15, -0.1) is 0 Å². The predicted molar refractivity (Wildman–Crippen MR) is 128 cm³/mol. The van der Waals surface area contributed by atoms with Crippen molar-refractivity contribution in [3.05, 3.63) is 57.9 Å². The van der Waals surface area contributed by atoms with Crippen LogP contribution in [0.2, 0.25) is 0 Å². The largest absolute Gasteiger partial charge is 0.491 e. The second kappa shape index (κ2) is 14.3. The second-order valence-corrected chi connectivity index (χ2v) is 8.12. The van der Waals surface area contributed by atoms with Crippen molar-refractivity contribution in [3.63, 3.8) is 0 Å². The predicted octanol–water partition coefficient (Wildman–Crippen LogP) is 2.27. The maximum atomic E-state index is 12.4. The van der Waals surface area contributed by atoms with E-state index in [9.17, 15) is 42.5 Å². The molecule has 39 heavy (non-hydrogen) atoms. The molecule has 2 rings (SSSR count). The standard InChI is InChI=1S/C23H25F3N6O7/c1-14-6-7-15(11-17(14)32(37)38)16(12-20(35)39-21(36)23(24,25)26)31-19(34)13-30-18(33)5-2-3-8-27-22-28-9-4-10-29-22/h4,6-7,9-11,16H,2-3,5,8,12-13H2,1H3,(H,30,33)(H,31,34)(H,27,28,29). The molecule has 1 atom stereocenters. The van der Waals surface area contributed by atoms with Crippen molar-refractivity contribution in [2.24, 2.45) is 0 Å². The third-order valence-corrected chi connectivity index (χ3v) is 5.10. The maximum absolute atomic E-state index is 12.4. The van der Waals surface area contributed by atoms with Crippen LogP contribution >= 0.6 is 0 Å². The quantitative estimate of drug-likeness (QED) is 0.109. The van der Waals surface area contributed by atoms with Crippen LogP contribution in [0, 0.1) is 17.0 Å². The average Bonchev–Trinajstić information content (AvgIpc) is 2.87. The molecule has 0 radical (unpaired) electrons. The Hall–Kier alpha value is -4.63. The summed E-state index contributed by atoms with van der Waals surface area (Å²) in [5, 5.41) is 18.9. The van der Waals surface area contributed by atoms with Crippen LogP contribution in [0.25, 0.3) is 0 Å². The second-order valence-electron chi connectivity index (χ2n) is 8.12. The number of esters is 2. The lowest BCUT2D eigenvalue weighted by molar-refractivity contribution is -0.385. The molecule has 3 N–H and O–H groups in total. The van der Waals surface area contributed by atoms with E-state index in [1.54, 1.807) is 18.5 Å². The van der Waals surface area contributed by atoms with Crippen molar-refractivity contribution in [1.29, 1.82) is 0 Å². The van der Waals surface area contributed by atoms with Gasteiger partial charge in [0.1, 0.15) is 0 Å². The Morgan fingerprint density at radius 2 is 1.79 bits per heavy atom. The third kappa shape index (κ3) is 10.7. The van der Waals surface area contributed by atoms with E-state index in [1.165, 1.54) is 19.1 Å². The van der Waals surface area contributed by atoms with E-state index in [2.05, 4.69) is 30.7 Å². The Morgan fingerprint density at radius 1 is 1.10 bits per heavy atom. The Morgan fingerprint density at radius 3 is 2.44 bits per heavy atom. The summed E-state index contributed by atoms with van der Waals surface area (Å²) in [6.45, 7) is 1.40. The van der Waals surface area contributed by atoms with Crippen LogP contribution in [-0.4, -0.2) is 57.9 Å². The highest BCUT2D eigenvalue weighted by molar-refractivity contribution is 5.89. The number of ether oxygens (including phenoxy) is 1. The number of alkyl halides is 3. The zero-order valence-corrected chi connectivity index (χ0v) is 20.6. The first-order valence-electron chi connectivity index (χ1n) is 11.5. The molecule has 13 nitrogen and oxygen atoms in total. The molecule has 0 fully saturated rings. The molecule has 0 saturated heterocycles. The first-order valence-corrected chi connectivity index (χ1v) is 11.5. The Balaban J connectivity index is 1.93. The molecule has 2 amide bonds. The molecule has 210 valence electrons. The molecule has 0 aliphatic heterocycles. The average molecular weight is 554 g/mol. The molecule has 1 aromatic heterocycles. The molecular weight excluding hydrogens is 529 g/mol. The number of aromatic nitrogens is 2. The Labute approximate surface area is 219 Å². The first-order chi connectivity index (χ1) is 18.4. The fraction of sp³-hybridized carbons (Fsp3) is 0.391. The lowest BCUT2D eigenvalue weighted by Crippen LogP contribution is -2.39. The number of hydrogen-bond acceptors (Lipinski definition) is 10. The lowest BCUT2D eigenvalue weighted by atomic mass is 10.0. The number of nitrogens with one attached hydrogen (secondary N) is 3. The molecule has 0 bridgehead atoms. The van der Waals surface area contributed by atoms with Gasteiger partial charge in [-0.2, -0.15) is 13.2 Å². The fourth-order valence-corrected chi connectivity index (χ4v) is 3.18. The summed E-state index contributed by atoms with van der Waals surface area (Å²) >= 11 is 0. The Bertz CT molecular complexity index is 1190. The van der Waals surface area contributed by atoms with Crippen molar-refractivity contribution >= 4 is 35.4 Å². The van der Waals surface area contributed by atoms with E-state index < -0.39 is 53.9 Å². The number of aryl methyl sites for hydroxylation is 1. The summed E-state index contributed by atoms with van der Waals surface area (Å²) in [6, 6.07) is 3.94. The van der Waals surface area contributed by atoms with E-state index >= 15 is 0 Å². The van der Waals surface area contributed by atoms with Gasteiger partial charge in [-0.3, -0.25) is 24.5 Å². The van der Waals surface area contributed by atoms with Gasteiger partial charge in [0.05, 0.1) is 23.9 Å². The van der Waals surface area contributed by atoms with Crippen LogP contribution in [0.15, 0.2) is 36.7 Å². The van der Waals surface area contributed by atoms with E-state index in [1.807, 2.05) is 0 Å². The molecule has 16 heteroatoms. The number of nitrogens with zero attached hydrogens (tertiary/aromatic N) is 3. The molecule has 2 aromatic rings. The van der Waals surface area contributed by atoms with Gasteiger partial charge in [0.25, 0.3) is 5.69 Å². The molecule has 0 saturated carbocycles. The maximum Gasteiger partial charge on any atom is 0.491 e. The van der Waals surface area contributed by atoms with Gasteiger partial charge in [0, 0.05) is 37.0 Å². The Kier molecular flexibility index (Phi) is 11.3. The van der Waals surface area contributed by atoms with Crippen molar-refractivity contribution < 1.29 is 42.0 Å². The van der Waals surface area contributed by atoms with Crippen LogP contribution < -0.4 is 16.0 Å². The fourth-order valence-electron chi connectivity index (χ4n) is 3.18. The summed E-state index contributed by atoms with van der Waals surface area (Å²) in [7, 11) is 0. The zero-order chi connectivity index (χ0) is 29.0. The number of amides is 2. The minimum atomic E-state index is -5.42. The van der Waals surface area contributed by atoms with E-state index in [4.69, 9.17) is 0 Å². The first kappa shape index (κ1) is 30.6. The minimum Gasteiger partial charge on any atom is -0.386 e. The number of rotatable bonds is 13. The van der Waals surface area contributed by atoms with Gasteiger partial charge in [0.2, 0.25) is 17.8 Å². The van der Waals surface area contributed by atoms with Crippen molar-refractivity contribution in [2.45, 2.75) is 44.8 Å². The highest BCUT2D eigenvalue weighted by Crippen LogP contribution is 2.26. The van der Waals surface area contributed by atoms with Crippen molar-refractivity contribution in [1.82, 2.24) is 20.6 Å². The van der Waals surface area contributed by atoms with Gasteiger partial charge in [-0.25, -0.2) is 14.8 Å². The summed E-state index contributed by atoms with van der Waals surface area (Å²) in [6.07, 6.45) is -2.06. The number of nitro groups is 1. The van der Waals surface area contributed by atoms with Gasteiger partial charge in [-0.05, 0) is 31.4 Å². The van der Waals surface area contributed by atoms with Gasteiger partial charge < -0.3 is 20.7 Å². The normalized spacial score (nSPS) is 11.7. The third-order valence-electron chi connectivity index (χ3n) is 5.10. The molecule has 0 aliphatic carbocycles. The van der Waals surface area contributed by atoms with E-state index in [0.717, 1.165) is 6.07 Å². The van der Waals surface area contributed by atoms with Crippen LogP contribution in [-0.2, 0) is 23.9 Å². The smallest absolute Gasteiger partial charge is 0.386 e. The van der Waals surface area contributed by atoms with Gasteiger partial charge in [0.15, 0.2) is 0 Å². The van der Waals surface area contributed by atoms with Crippen LogP contribution in [0.1, 0.15) is 42.9 Å². The topological polar surface area (TPSA) is 183 Å². The number of unbranched alkanes of at least 4 members (excludes halogenated alkanes) is 1. The summed E-state index contributed by atoms with van der Waals surface area (Å²) in [4.78, 5) is 66.0. The number of carbonyl (C=O) groups is 4. The molecule has 1 unspecified atom stereocenters. The highest BCUT2D eigenvalue weighted by atomic mass is 19.4. The lowest BCUT2D eigenvalue weighted by Gasteiger charge is -2.19. The number of benzene rings is 1. The van der Waals surface area contributed by atoms with E-state index in [0.29, 0.717) is 25.3 Å². The molecule has 1 aromatic carbocycles. The molecule has 1 heterocycles. The molecule has 0 aliphatic rings. The summed E-state index contributed by atoms with van der Waals surface area (Å²) < 4.78 is 41.1. The number of carbonyl (C=O) groups excluding carboxylic acids is 4. The van der Waals surface area contributed by atoms with Crippen molar-refractivity contribution in [2.75, 3.05) is 18.4 Å². The van der Waals surface area contributed by atoms with Crippen LogP contribution in [0.3, 0.4) is 0 Å². The van der Waals surface area contributed by atoms with Crippen molar-refractivity contribution in [3.8, 4) is 0 Å². The van der Waals surface area contributed by atoms with Gasteiger partial charge >= 0.3 is 18.1 Å². The summed E-state index contributed by atoms with van der Waals surface area (Å²) in [5.41, 5.74) is -0.117. The molecular formula is C23H25F3N6O7. The molecule has 0 spiro atoms. The SMILES string of the molecule is Cc1ccc(C(CC(=O)OC(=O)C(F)(F)F)NC(=O)CNC(=O)CCCCNc2ncccn2)cc1[N+](=O)[O-]. The minimum absolute atomic E-state index is 0.00159. The van der Waals surface area contributed by atoms with Crippen LogP contribution in [0.5, 0.6) is 0 Å². The van der Waals surface area contributed by atoms with E-state index in [-0.39, 0.29) is 23.2 Å². The number of nitro benzene ring substituents is 1. The number of anilines is 1.